The topological polar surface area (TPSA) is 27.1 Å². The number of aromatic nitrogens is 2. The van der Waals surface area contributed by atoms with E-state index in [0.29, 0.717) is 12.5 Å². The Morgan fingerprint density at radius 1 is 1.27 bits per heavy atom. The molecule has 1 aromatic heterocycles. The molecule has 0 aliphatic carbocycles. The van der Waals surface area contributed by atoms with Gasteiger partial charge in [-0.1, -0.05) is 30.3 Å². The zero-order chi connectivity index (χ0) is 10.7. The first kappa shape index (κ1) is 9.77. The Balaban J connectivity index is 2.36. The van der Waals surface area contributed by atoms with E-state index in [1.807, 2.05) is 42.9 Å². The average Bonchev–Trinajstić information content (AvgIpc) is 2.61. The second-order valence-electron chi connectivity index (χ2n) is 3.29. The minimum Gasteiger partial charge on any atom is -0.477 e. The van der Waals surface area contributed by atoms with Gasteiger partial charge in [-0.2, -0.15) is 0 Å². The van der Waals surface area contributed by atoms with Gasteiger partial charge in [0.15, 0.2) is 0 Å². The zero-order valence-corrected chi connectivity index (χ0v) is 8.97. The first-order valence-corrected chi connectivity index (χ1v) is 5.03. The summed E-state index contributed by atoms with van der Waals surface area (Å²) in [5, 5.41) is 4.27. The van der Waals surface area contributed by atoms with Gasteiger partial charge >= 0.3 is 0 Å². The molecule has 2 aromatic rings. The third kappa shape index (κ3) is 2.01. The molecule has 0 N–H and O–H groups in total. The lowest BCUT2D eigenvalue weighted by Gasteiger charge is -1.99. The highest BCUT2D eigenvalue weighted by Gasteiger charge is 2.06. The lowest BCUT2D eigenvalue weighted by molar-refractivity contribution is 0.323. The van der Waals surface area contributed by atoms with Gasteiger partial charge in [0.1, 0.15) is 0 Å². The Morgan fingerprint density at radius 3 is 2.67 bits per heavy atom. The Hall–Kier alpha value is -1.77. The molecular formula is C12H14N2O. The van der Waals surface area contributed by atoms with Crippen molar-refractivity contribution in [1.29, 1.82) is 0 Å². The van der Waals surface area contributed by atoms with Crippen molar-refractivity contribution in [3.8, 4) is 17.1 Å². The monoisotopic (exact) mass is 202 g/mol. The van der Waals surface area contributed by atoms with E-state index in [1.54, 1.807) is 0 Å². The first-order chi connectivity index (χ1) is 7.31. The van der Waals surface area contributed by atoms with E-state index in [0.717, 1.165) is 11.3 Å². The molecule has 0 aliphatic heterocycles. The van der Waals surface area contributed by atoms with Crippen LogP contribution in [0.15, 0.2) is 36.4 Å². The summed E-state index contributed by atoms with van der Waals surface area (Å²) in [6.07, 6.45) is 0. The molecule has 1 heterocycles. The van der Waals surface area contributed by atoms with Crippen LogP contribution in [0.2, 0.25) is 0 Å². The molecular weight excluding hydrogens is 188 g/mol. The van der Waals surface area contributed by atoms with Gasteiger partial charge in [-0.25, -0.2) is 0 Å². The van der Waals surface area contributed by atoms with Crippen molar-refractivity contribution in [2.75, 3.05) is 6.61 Å². The maximum atomic E-state index is 5.36. The summed E-state index contributed by atoms with van der Waals surface area (Å²) in [4.78, 5) is 0. The van der Waals surface area contributed by atoms with E-state index < -0.39 is 0 Å². The molecule has 0 aliphatic rings. The number of ether oxygens (including phenoxy) is 1. The fourth-order valence-corrected chi connectivity index (χ4v) is 1.54. The van der Waals surface area contributed by atoms with Crippen LogP contribution in [0.1, 0.15) is 6.92 Å². The van der Waals surface area contributed by atoms with E-state index >= 15 is 0 Å². The van der Waals surface area contributed by atoms with Gasteiger partial charge < -0.3 is 4.74 Å². The lowest BCUT2D eigenvalue weighted by Crippen LogP contribution is -1.95. The minimum absolute atomic E-state index is 0.644. The van der Waals surface area contributed by atoms with Crippen LogP contribution in [0, 0.1) is 0 Å². The van der Waals surface area contributed by atoms with Crippen LogP contribution < -0.4 is 4.74 Å². The van der Waals surface area contributed by atoms with E-state index in [2.05, 4.69) is 17.2 Å². The number of nitrogens with zero attached hydrogens (tertiary/aromatic N) is 2. The van der Waals surface area contributed by atoms with E-state index in [-0.39, 0.29) is 0 Å². The largest absolute Gasteiger partial charge is 0.477 e. The quantitative estimate of drug-likeness (QED) is 0.764. The highest BCUT2D eigenvalue weighted by Crippen LogP contribution is 2.22. The van der Waals surface area contributed by atoms with Crippen molar-refractivity contribution in [1.82, 2.24) is 9.78 Å². The molecule has 0 spiro atoms. The number of rotatable bonds is 3. The van der Waals surface area contributed by atoms with Crippen molar-refractivity contribution < 1.29 is 4.74 Å². The molecule has 0 saturated carbocycles. The molecule has 1 aromatic carbocycles. The van der Waals surface area contributed by atoms with Crippen molar-refractivity contribution in [3.63, 3.8) is 0 Å². The van der Waals surface area contributed by atoms with Gasteiger partial charge in [0.25, 0.3) is 0 Å². The summed E-state index contributed by atoms with van der Waals surface area (Å²) >= 11 is 0. The molecule has 0 fully saturated rings. The minimum atomic E-state index is 0.644. The predicted molar refractivity (Wildman–Crippen MR) is 59.8 cm³/mol. The molecule has 0 unspecified atom stereocenters. The van der Waals surface area contributed by atoms with Crippen molar-refractivity contribution in [2.24, 2.45) is 7.05 Å². The second-order valence-corrected chi connectivity index (χ2v) is 3.29. The summed E-state index contributed by atoms with van der Waals surface area (Å²) < 4.78 is 7.19. The SMILES string of the molecule is CCOc1cc(-c2ccccc2)n(C)n1. The van der Waals surface area contributed by atoms with Gasteiger partial charge in [-0.3, -0.25) is 4.68 Å². The van der Waals surface area contributed by atoms with Crippen molar-refractivity contribution in [3.05, 3.63) is 36.4 Å². The smallest absolute Gasteiger partial charge is 0.233 e. The zero-order valence-electron chi connectivity index (χ0n) is 8.97. The highest BCUT2D eigenvalue weighted by molar-refractivity contribution is 5.60. The molecule has 0 atom stereocenters. The number of hydrogen-bond acceptors (Lipinski definition) is 2. The van der Waals surface area contributed by atoms with Gasteiger partial charge in [0.05, 0.1) is 12.3 Å². The third-order valence-electron chi connectivity index (χ3n) is 2.22. The Labute approximate surface area is 89.3 Å². The summed E-state index contributed by atoms with van der Waals surface area (Å²) in [5.41, 5.74) is 2.22. The standard InChI is InChI=1S/C12H14N2O/c1-3-15-12-9-11(14(2)13-12)10-7-5-4-6-8-10/h4-9H,3H2,1-2H3. The molecule has 0 amide bonds. The van der Waals surface area contributed by atoms with Gasteiger partial charge in [-0.15, -0.1) is 5.10 Å². The van der Waals surface area contributed by atoms with Crippen LogP contribution in [0.3, 0.4) is 0 Å². The third-order valence-corrected chi connectivity index (χ3v) is 2.22. The van der Waals surface area contributed by atoms with Crippen LogP contribution in [-0.2, 0) is 7.05 Å². The summed E-state index contributed by atoms with van der Waals surface area (Å²) in [5.74, 6) is 0.679. The Kier molecular flexibility index (Phi) is 2.72. The fraction of sp³-hybridized carbons (Fsp3) is 0.250. The molecule has 3 nitrogen and oxygen atoms in total. The molecule has 0 radical (unpaired) electrons. The summed E-state index contributed by atoms with van der Waals surface area (Å²) in [6.45, 7) is 2.60. The van der Waals surface area contributed by atoms with Gasteiger partial charge in [0.2, 0.25) is 5.88 Å². The van der Waals surface area contributed by atoms with Gasteiger partial charge in [0, 0.05) is 13.1 Å². The first-order valence-electron chi connectivity index (χ1n) is 5.03. The van der Waals surface area contributed by atoms with Crippen LogP contribution in [0.25, 0.3) is 11.3 Å². The number of hydrogen-bond donors (Lipinski definition) is 0. The highest BCUT2D eigenvalue weighted by atomic mass is 16.5. The number of benzene rings is 1. The van der Waals surface area contributed by atoms with E-state index in [9.17, 15) is 0 Å². The predicted octanol–water partition coefficient (Wildman–Crippen LogP) is 2.49. The summed E-state index contributed by atoms with van der Waals surface area (Å²) in [7, 11) is 1.92. The van der Waals surface area contributed by atoms with Crippen LogP contribution in [0.4, 0.5) is 0 Å². The molecule has 3 heteroatoms. The average molecular weight is 202 g/mol. The Morgan fingerprint density at radius 2 is 2.00 bits per heavy atom. The van der Waals surface area contributed by atoms with Gasteiger partial charge in [-0.05, 0) is 12.5 Å². The summed E-state index contributed by atoms with van der Waals surface area (Å²) in [6, 6.07) is 12.1. The second kappa shape index (κ2) is 4.17. The fourth-order valence-electron chi connectivity index (χ4n) is 1.54. The van der Waals surface area contributed by atoms with Crippen molar-refractivity contribution >= 4 is 0 Å². The Bertz CT molecular complexity index is 434. The molecule has 15 heavy (non-hydrogen) atoms. The number of aryl methyl sites for hydroxylation is 1. The van der Waals surface area contributed by atoms with E-state index in [1.165, 1.54) is 0 Å². The normalized spacial score (nSPS) is 10.3. The van der Waals surface area contributed by atoms with E-state index in [4.69, 9.17) is 4.74 Å². The molecule has 0 bridgehead atoms. The van der Waals surface area contributed by atoms with Crippen molar-refractivity contribution in [2.45, 2.75) is 6.92 Å². The van der Waals surface area contributed by atoms with Crippen LogP contribution in [-0.4, -0.2) is 16.4 Å². The van der Waals surface area contributed by atoms with Crippen LogP contribution >= 0.6 is 0 Å². The molecule has 78 valence electrons. The lowest BCUT2D eigenvalue weighted by atomic mass is 10.1. The van der Waals surface area contributed by atoms with Crippen LogP contribution in [0.5, 0.6) is 5.88 Å². The maximum absolute atomic E-state index is 5.36. The molecule has 2 rings (SSSR count). The molecule has 0 saturated heterocycles. The maximum Gasteiger partial charge on any atom is 0.233 e.